The quantitative estimate of drug-likeness (QED) is 0.321. The molecule has 0 bridgehead atoms. The predicted octanol–water partition coefficient (Wildman–Crippen LogP) is 5.22. The molecule has 5 rings (SSSR count). The van der Waals surface area contributed by atoms with Crippen LogP contribution in [0, 0.1) is 0 Å². The molecule has 194 valence electrons. The first-order valence-corrected chi connectivity index (χ1v) is 13.4. The van der Waals surface area contributed by atoms with Crippen molar-refractivity contribution in [2.24, 2.45) is 0 Å². The van der Waals surface area contributed by atoms with E-state index in [9.17, 15) is 4.79 Å². The maximum Gasteiger partial charge on any atom is 0.252 e. The fourth-order valence-electron chi connectivity index (χ4n) is 5.57. The Morgan fingerprint density at radius 1 is 1.11 bits per heavy atom. The number of pyridine rings is 1. The zero-order valence-electron chi connectivity index (χ0n) is 21.8. The molecule has 1 atom stereocenters. The second-order valence-electron chi connectivity index (χ2n) is 9.98. The molecule has 1 N–H and O–H groups in total. The van der Waals surface area contributed by atoms with Crippen LogP contribution in [0.15, 0.2) is 59.4 Å². The molecule has 0 spiro atoms. The van der Waals surface area contributed by atoms with Crippen molar-refractivity contribution in [1.82, 2.24) is 30.1 Å². The molecular weight excluding hydrogens is 464 g/mol. The van der Waals surface area contributed by atoms with Crippen molar-refractivity contribution in [3.8, 4) is 5.75 Å². The number of benzene rings is 2. The van der Waals surface area contributed by atoms with Crippen LogP contribution in [-0.2, 0) is 13.0 Å². The molecule has 0 aliphatic heterocycles. The van der Waals surface area contributed by atoms with E-state index in [0.717, 1.165) is 60.3 Å². The molecule has 0 amide bonds. The number of methoxy groups -OCH3 is 1. The van der Waals surface area contributed by atoms with E-state index < -0.39 is 0 Å². The van der Waals surface area contributed by atoms with Crippen molar-refractivity contribution in [1.29, 1.82) is 0 Å². The van der Waals surface area contributed by atoms with E-state index in [2.05, 4.69) is 61.3 Å². The van der Waals surface area contributed by atoms with Gasteiger partial charge in [0.2, 0.25) is 0 Å². The van der Waals surface area contributed by atoms with Crippen LogP contribution in [0.5, 0.6) is 5.75 Å². The standard InChI is InChI=1S/C29H36N6O2/c1-3-27(28-31-32-33-35(28)24-12-8-5-9-13-24)34(17-16-21-10-6-4-7-11-21)20-23-18-22-19-25(37-2)14-15-26(22)30-29(23)36/h4,6-7,10-11,14-15,18-19,24,27H,3,5,8-9,12-13,16-17,20H2,1-2H3,(H,30,36)/t27-/m1/s1. The first kappa shape index (κ1) is 25.1. The van der Waals surface area contributed by atoms with Gasteiger partial charge in [-0.15, -0.1) is 5.10 Å². The van der Waals surface area contributed by atoms with E-state index >= 15 is 0 Å². The van der Waals surface area contributed by atoms with Crippen LogP contribution < -0.4 is 10.3 Å². The summed E-state index contributed by atoms with van der Waals surface area (Å²) >= 11 is 0. The van der Waals surface area contributed by atoms with Crippen molar-refractivity contribution >= 4 is 10.9 Å². The topological polar surface area (TPSA) is 88.9 Å². The Morgan fingerprint density at radius 3 is 2.68 bits per heavy atom. The zero-order valence-corrected chi connectivity index (χ0v) is 21.8. The minimum atomic E-state index is -0.0656. The number of ether oxygens (including phenoxy) is 1. The summed E-state index contributed by atoms with van der Waals surface area (Å²) in [7, 11) is 1.65. The normalized spacial score (nSPS) is 15.3. The second kappa shape index (κ2) is 11.7. The van der Waals surface area contributed by atoms with Crippen LogP contribution in [-0.4, -0.2) is 43.7 Å². The summed E-state index contributed by atoms with van der Waals surface area (Å²) in [5.74, 6) is 1.67. The van der Waals surface area contributed by atoms with Gasteiger partial charge in [-0.25, -0.2) is 4.68 Å². The van der Waals surface area contributed by atoms with Gasteiger partial charge in [0.05, 0.1) is 19.2 Å². The van der Waals surface area contributed by atoms with Crippen LogP contribution >= 0.6 is 0 Å². The summed E-state index contributed by atoms with van der Waals surface area (Å²) in [5.41, 5.74) is 2.73. The average Bonchev–Trinajstić information content (AvgIpc) is 3.42. The highest BCUT2D eigenvalue weighted by atomic mass is 16.5. The lowest BCUT2D eigenvalue weighted by Gasteiger charge is -2.32. The van der Waals surface area contributed by atoms with Gasteiger partial charge in [0.25, 0.3) is 5.56 Å². The van der Waals surface area contributed by atoms with Gasteiger partial charge in [0.1, 0.15) is 5.75 Å². The number of fused-ring (bicyclic) bond motifs is 1. The highest BCUT2D eigenvalue weighted by Gasteiger charge is 2.29. The lowest BCUT2D eigenvalue weighted by Crippen LogP contribution is -2.34. The van der Waals surface area contributed by atoms with Crippen molar-refractivity contribution in [2.75, 3.05) is 13.7 Å². The van der Waals surface area contributed by atoms with E-state index in [1.165, 1.54) is 24.8 Å². The lowest BCUT2D eigenvalue weighted by atomic mass is 9.95. The van der Waals surface area contributed by atoms with Crippen molar-refractivity contribution < 1.29 is 4.74 Å². The Morgan fingerprint density at radius 2 is 1.92 bits per heavy atom. The molecule has 0 unspecified atom stereocenters. The van der Waals surface area contributed by atoms with E-state index in [0.29, 0.717) is 12.6 Å². The molecule has 0 radical (unpaired) electrons. The zero-order chi connectivity index (χ0) is 25.6. The Labute approximate surface area is 217 Å². The summed E-state index contributed by atoms with van der Waals surface area (Å²) in [5, 5.41) is 14.0. The number of aromatic nitrogens is 5. The Bertz CT molecular complexity index is 1360. The molecule has 8 nitrogen and oxygen atoms in total. The summed E-state index contributed by atoms with van der Waals surface area (Å²) in [6.45, 7) is 3.47. The molecule has 1 saturated carbocycles. The Kier molecular flexibility index (Phi) is 7.94. The van der Waals surface area contributed by atoms with Crippen molar-refractivity contribution in [3.05, 3.63) is 81.9 Å². The number of hydrogen-bond donors (Lipinski definition) is 1. The van der Waals surface area contributed by atoms with Gasteiger partial charge < -0.3 is 9.72 Å². The molecule has 1 fully saturated rings. The maximum absolute atomic E-state index is 13.2. The van der Waals surface area contributed by atoms with E-state index in [1.807, 2.05) is 30.3 Å². The van der Waals surface area contributed by atoms with Crippen LogP contribution in [0.4, 0.5) is 0 Å². The lowest BCUT2D eigenvalue weighted by molar-refractivity contribution is 0.165. The molecule has 1 aliphatic carbocycles. The van der Waals surface area contributed by atoms with Crippen LogP contribution in [0.2, 0.25) is 0 Å². The highest BCUT2D eigenvalue weighted by molar-refractivity contribution is 5.80. The molecule has 37 heavy (non-hydrogen) atoms. The van der Waals surface area contributed by atoms with Crippen LogP contribution in [0.1, 0.15) is 74.5 Å². The third kappa shape index (κ3) is 5.74. The van der Waals surface area contributed by atoms with Gasteiger partial charge in [0, 0.05) is 29.6 Å². The second-order valence-corrected chi connectivity index (χ2v) is 9.98. The SMILES string of the molecule is CC[C@H](c1nnnn1C1CCCCC1)N(CCc1ccccc1)Cc1cc2cc(OC)ccc2[nH]c1=O. The number of nitrogens with one attached hydrogen (secondary N) is 1. The van der Waals surface area contributed by atoms with E-state index in [1.54, 1.807) is 7.11 Å². The molecule has 8 heteroatoms. The third-order valence-corrected chi connectivity index (χ3v) is 7.60. The fraction of sp³-hybridized carbons (Fsp3) is 0.448. The predicted molar refractivity (Wildman–Crippen MR) is 145 cm³/mol. The minimum Gasteiger partial charge on any atom is -0.497 e. The molecule has 2 aromatic carbocycles. The van der Waals surface area contributed by atoms with Gasteiger partial charge in [-0.3, -0.25) is 9.69 Å². The number of nitrogens with zero attached hydrogens (tertiary/aromatic N) is 5. The molecule has 0 saturated heterocycles. The summed E-state index contributed by atoms with van der Waals surface area (Å²) in [6, 6.07) is 18.5. The van der Waals surface area contributed by atoms with E-state index in [-0.39, 0.29) is 11.6 Å². The first-order chi connectivity index (χ1) is 18.2. The maximum atomic E-state index is 13.2. The van der Waals surface area contributed by atoms with E-state index in [4.69, 9.17) is 4.74 Å². The summed E-state index contributed by atoms with van der Waals surface area (Å²) < 4.78 is 7.48. The van der Waals surface area contributed by atoms with Crippen LogP contribution in [0.25, 0.3) is 10.9 Å². The van der Waals surface area contributed by atoms with Gasteiger partial charge in [-0.1, -0.05) is 56.5 Å². The average molecular weight is 501 g/mol. The summed E-state index contributed by atoms with van der Waals surface area (Å²) in [6.07, 6.45) is 7.67. The highest BCUT2D eigenvalue weighted by Crippen LogP contribution is 2.32. The van der Waals surface area contributed by atoms with Gasteiger partial charge in [-0.2, -0.15) is 0 Å². The first-order valence-electron chi connectivity index (χ1n) is 13.4. The van der Waals surface area contributed by atoms with Gasteiger partial charge in [0.15, 0.2) is 5.82 Å². The Hall–Kier alpha value is -3.52. The van der Waals surface area contributed by atoms with Crippen molar-refractivity contribution in [3.63, 3.8) is 0 Å². The van der Waals surface area contributed by atoms with Gasteiger partial charge >= 0.3 is 0 Å². The fourth-order valence-corrected chi connectivity index (χ4v) is 5.57. The van der Waals surface area contributed by atoms with Gasteiger partial charge in [-0.05, 0) is 65.9 Å². The van der Waals surface area contributed by atoms with Crippen LogP contribution in [0.3, 0.4) is 0 Å². The molecule has 2 aromatic heterocycles. The Balaban J connectivity index is 1.48. The van der Waals surface area contributed by atoms with Crippen molar-refractivity contribution in [2.45, 2.75) is 70.5 Å². The molecule has 2 heterocycles. The summed E-state index contributed by atoms with van der Waals surface area (Å²) in [4.78, 5) is 18.6. The minimum absolute atomic E-state index is 0.000968. The third-order valence-electron chi connectivity index (χ3n) is 7.60. The number of tetrazole rings is 1. The number of rotatable bonds is 10. The number of H-pyrrole nitrogens is 1. The monoisotopic (exact) mass is 500 g/mol. The number of hydrogen-bond acceptors (Lipinski definition) is 6. The number of aromatic amines is 1. The molecule has 1 aliphatic rings. The molecular formula is C29H36N6O2. The molecule has 4 aromatic rings. The largest absolute Gasteiger partial charge is 0.497 e. The smallest absolute Gasteiger partial charge is 0.252 e.